The fourth-order valence-corrected chi connectivity index (χ4v) is 1.65. The Morgan fingerprint density at radius 2 is 2.50 bits per heavy atom. The fraction of sp³-hybridized carbons (Fsp3) is 0.600. The minimum atomic E-state index is -0.292. The first kappa shape index (κ1) is 5.82. The maximum absolute atomic E-state index is 10.6. The smallest absolute Gasteiger partial charge is 0.153 e. The van der Waals surface area contributed by atoms with Crippen molar-refractivity contribution in [2.75, 3.05) is 11.5 Å². The number of Topliss-reactive ketones (excluding diaryl/α,β-unsaturated/α-hetero) is 1. The van der Waals surface area contributed by atoms with Crippen molar-refractivity contribution in [1.82, 2.24) is 0 Å². The number of ketones is 1. The second-order valence-electron chi connectivity index (χ2n) is 1.72. The van der Waals surface area contributed by atoms with Gasteiger partial charge >= 0.3 is 0 Å². The highest BCUT2D eigenvalue weighted by Crippen LogP contribution is 2.17. The predicted octanol–water partition coefficient (Wildman–Crippen LogP) is 0.117. The number of thioether (sulfide) groups is 1. The van der Waals surface area contributed by atoms with E-state index in [2.05, 4.69) is 0 Å². The van der Waals surface area contributed by atoms with E-state index in [4.69, 9.17) is 0 Å². The molecule has 0 radical (unpaired) electrons. The Morgan fingerprint density at radius 1 is 1.75 bits per heavy atom. The van der Waals surface area contributed by atoms with Crippen molar-refractivity contribution in [2.24, 2.45) is 5.92 Å². The summed E-state index contributed by atoms with van der Waals surface area (Å²) in [5.41, 5.74) is 0. The molecule has 1 heterocycles. The highest BCUT2D eigenvalue weighted by molar-refractivity contribution is 8.00. The molecule has 1 atom stereocenters. The van der Waals surface area contributed by atoms with Gasteiger partial charge in [-0.1, -0.05) is 0 Å². The molecule has 1 rings (SSSR count). The zero-order valence-electron chi connectivity index (χ0n) is 4.29. The van der Waals surface area contributed by atoms with Gasteiger partial charge in [0.05, 0.1) is 11.7 Å². The van der Waals surface area contributed by atoms with Crippen molar-refractivity contribution in [3.8, 4) is 0 Å². The van der Waals surface area contributed by atoms with E-state index in [1.165, 1.54) is 11.8 Å². The summed E-state index contributed by atoms with van der Waals surface area (Å²) in [6, 6.07) is 0. The van der Waals surface area contributed by atoms with Crippen molar-refractivity contribution in [3.05, 3.63) is 0 Å². The van der Waals surface area contributed by atoms with Crippen LogP contribution in [-0.4, -0.2) is 23.6 Å². The molecule has 0 bridgehead atoms. The molecule has 1 fully saturated rings. The number of hydrogen-bond donors (Lipinski definition) is 0. The molecule has 0 aliphatic carbocycles. The first-order valence-corrected chi connectivity index (χ1v) is 3.56. The van der Waals surface area contributed by atoms with Gasteiger partial charge in [-0.05, 0) is 0 Å². The lowest BCUT2D eigenvalue weighted by Crippen LogP contribution is -2.11. The molecule has 0 N–H and O–H groups in total. The average Bonchev–Trinajstić information content (AvgIpc) is 2.14. The molecule has 1 aliphatic heterocycles. The van der Waals surface area contributed by atoms with Crippen LogP contribution in [0.2, 0.25) is 0 Å². The molecule has 0 aromatic heterocycles. The van der Waals surface area contributed by atoms with Gasteiger partial charge in [-0.15, -0.1) is 0 Å². The van der Waals surface area contributed by atoms with Crippen molar-refractivity contribution in [3.63, 3.8) is 0 Å². The lowest BCUT2D eigenvalue weighted by Gasteiger charge is -1.88. The summed E-state index contributed by atoms with van der Waals surface area (Å²) in [5.74, 6) is 1.02. The van der Waals surface area contributed by atoms with E-state index in [1.54, 1.807) is 0 Å². The third-order valence-corrected chi connectivity index (χ3v) is 2.20. The Balaban J connectivity index is 2.54. The van der Waals surface area contributed by atoms with Crippen molar-refractivity contribution < 1.29 is 9.59 Å². The molecular formula is C5H6O2S. The molecule has 8 heavy (non-hydrogen) atoms. The lowest BCUT2D eigenvalue weighted by atomic mass is 10.1. The van der Waals surface area contributed by atoms with Crippen molar-refractivity contribution in [2.45, 2.75) is 0 Å². The zero-order chi connectivity index (χ0) is 5.98. The van der Waals surface area contributed by atoms with Crippen LogP contribution in [0.25, 0.3) is 0 Å². The molecule has 0 aromatic carbocycles. The number of carbonyl (C=O) groups is 2. The maximum Gasteiger partial charge on any atom is 0.153 e. The van der Waals surface area contributed by atoms with Gasteiger partial charge in [0.1, 0.15) is 6.29 Å². The summed E-state index contributed by atoms with van der Waals surface area (Å²) >= 11 is 1.53. The Kier molecular flexibility index (Phi) is 1.68. The van der Waals surface area contributed by atoms with Gasteiger partial charge in [0, 0.05) is 5.75 Å². The molecule has 44 valence electrons. The van der Waals surface area contributed by atoms with E-state index in [-0.39, 0.29) is 11.7 Å². The minimum absolute atomic E-state index is 0.0880. The summed E-state index contributed by atoms with van der Waals surface area (Å²) in [5, 5.41) is 0. The topological polar surface area (TPSA) is 34.1 Å². The van der Waals surface area contributed by atoms with Gasteiger partial charge < -0.3 is 4.79 Å². The Bertz CT molecular complexity index is 122. The zero-order valence-corrected chi connectivity index (χ0v) is 5.11. The van der Waals surface area contributed by atoms with Crippen LogP contribution in [0, 0.1) is 5.92 Å². The fourth-order valence-electron chi connectivity index (χ4n) is 0.602. The largest absolute Gasteiger partial charge is 0.303 e. The third-order valence-electron chi connectivity index (χ3n) is 1.12. The van der Waals surface area contributed by atoms with E-state index in [9.17, 15) is 9.59 Å². The van der Waals surface area contributed by atoms with Crippen LogP contribution in [0.4, 0.5) is 0 Å². The normalized spacial score (nSPS) is 28.5. The van der Waals surface area contributed by atoms with Gasteiger partial charge in [-0.2, -0.15) is 11.8 Å². The van der Waals surface area contributed by atoms with E-state index >= 15 is 0 Å². The molecule has 0 saturated carbocycles. The van der Waals surface area contributed by atoms with E-state index in [1.807, 2.05) is 0 Å². The molecule has 0 amide bonds. The number of aldehydes is 1. The van der Waals surface area contributed by atoms with Gasteiger partial charge in [0.15, 0.2) is 5.78 Å². The molecule has 0 aromatic rings. The highest BCUT2D eigenvalue weighted by Gasteiger charge is 2.23. The molecule has 1 saturated heterocycles. The number of carbonyl (C=O) groups excluding carboxylic acids is 2. The average molecular weight is 130 g/mol. The van der Waals surface area contributed by atoms with Gasteiger partial charge in [-0.25, -0.2) is 0 Å². The van der Waals surface area contributed by atoms with E-state index in [0.717, 1.165) is 6.29 Å². The standard InChI is InChI=1S/C5H6O2S/c6-1-4-2-8-3-5(4)7/h1,4H,2-3H2. The SMILES string of the molecule is O=CC1CSCC1=O. The molecule has 3 heteroatoms. The summed E-state index contributed by atoms with van der Waals surface area (Å²) in [6.07, 6.45) is 0.738. The molecular weight excluding hydrogens is 124 g/mol. The molecule has 1 aliphatic rings. The van der Waals surface area contributed by atoms with Gasteiger partial charge in [0.25, 0.3) is 0 Å². The van der Waals surface area contributed by atoms with Crippen LogP contribution in [0.3, 0.4) is 0 Å². The van der Waals surface area contributed by atoms with Crippen molar-refractivity contribution in [1.29, 1.82) is 0 Å². The first-order valence-electron chi connectivity index (χ1n) is 2.40. The van der Waals surface area contributed by atoms with Crippen LogP contribution in [0.5, 0.6) is 0 Å². The number of rotatable bonds is 1. The molecule has 0 spiro atoms. The highest BCUT2D eigenvalue weighted by atomic mass is 32.2. The quantitative estimate of drug-likeness (QED) is 0.373. The maximum atomic E-state index is 10.6. The van der Waals surface area contributed by atoms with Crippen LogP contribution >= 0.6 is 11.8 Å². The molecule has 2 nitrogen and oxygen atoms in total. The second-order valence-corrected chi connectivity index (χ2v) is 2.75. The first-order chi connectivity index (χ1) is 3.84. The Morgan fingerprint density at radius 3 is 2.75 bits per heavy atom. The molecule has 1 unspecified atom stereocenters. The summed E-state index contributed by atoms with van der Waals surface area (Å²) in [4.78, 5) is 20.5. The van der Waals surface area contributed by atoms with Crippen LogP contribution in [-0.2, 0) is 9.59 Å². The van der Waals surface area contributed by atoms with Crippen LogP contribution < -0.4 is 0 Å². The van der Waals surface area contributed by atoms with Gasteiger partial charge in [-0.3, -0.25) is 4.79 Å². The van der Waals surface area contributed by atoms with Crippen LogP contribution in [0.1, 0.15) is 0 Å². The lowest BCUT2D eigenvalue weighted by molar-refractivity contribution is -0.123. The van der Waals surface area contributed by atoms with Crippen molar-refractivity contribution >= 4 is 23.8 Å². The summed E-state index contributed by atoms with van der Waals surface area (Å²) in [6.45, 7) is 0. The number of hydrogen-bond acceptors (Lipinski definition) is 3. The predicted molar refractivity (Wildman–Crippen MR) is 31.9 cm³/mol. The monoisotopic (exact) mass is 130 g/mol. The Labute approximate surface area is 51.6 Å². The van der Waals surface area contributed by atoms with E-state index < -0.39 is 0 Å². The van der Waals surface area contributed by atoms with Crippen LogP contribution in [0.15, 0.2) is 0 Å². The summed E-state index contributed by atoms with van der Waals surface area (Å²) in [7, 11) is 0. The second kappa shape index (κ2) is 2.31. The van der Waals surface area contributed by atoms with E-state index in [0.29, 0.717) is 11.5 Å². The third kappa shape index (κ3) is 0.916. The summed E-state index contributed by atoms with van der Waals surface area (Å²) < 4.78 is 0. The Hall–Kier alpha value is -0.310. The minimum Gasteiger partial charge on any atom is -0.303 e. The van der Waals surface area contributed by atoms with Gasteiger partial charge in [0.2, 0.25) is 0 Å².